The molecule has 2 aliphatic rings. The number of amides is 3. The first-order valence-corrected chi connectivity index (χ1v) is 10.7. The van der Waals surface area contributed by atoms with E-state index in [1.54, 1.807) is 0 Å². The van der Waals surface area contributed by atoms with Crippen LogP contribution in [0.4, 0.5) is 10.5 Å². The molecule has 5 heteroatoms. The van der Waals surface area contributed by atoms with Gasteiger partial charge in [0.2, 0.25) is 0 Å². The molecular weight excluding hydrogens is 362 g/mol. The van der Waals surface area contributed by atoms with Gasteiger partial charge in [0.25, 0.3) is 5.91 Å². The van der Waals surface area contributed by atoms with Gasteiger partial charge in [-0.25, -0.2) is 4.79 Å². The lowest BCUT2D eigenvalue weighted by Crippen LogP contribution is -2.42. The number of carbonyl (C=O) groups is 2. The van der Waals surface area contributed by atoms with Crippen molar-refractivity contribution in [1.29, 1.82) is 0 Å². The maximum atomic E-state index is 13.1. The Morgan fingerprint density at radius 1 is 1.03 bits per heavy atom. The Morgan fingerprint density at radius 2 is 1.79 bits per heavy atom. The molecule has 0 saturated heterocycles. The van der Waals surface area contributed by atoms with Gasteiger partial charge in [0.1, 0.15) is 0 Å². The van der Waals surface area contributed by atoms with Gasteiger partial charge < -0.3 is 15.5 Å². The quantitative estimate of drug-likeness (QED) is 0.811. The minimum absolute atomic E-state index is 0.0250. The summed E-state index contributed by atoms with van der Waals surface area (Å²) in [6, 6.07) is 15.9. The molecule has 2 aromatic carbocycles. The number of hydrogen-bond acceptors (Lipinski definition) is 2. The summed E-state index contributed by atoms with van der Waals surface area (Å²) in [6.07, 6.45) is 6.65. The molecule has 1 fully saturated rings. The van der Waals surface area contributed by atoms with Gasteiger partial charge >= 0.3 is 6.03 Å². The van der Waals surface area contributed by atoms with E-state index in [2.05, 4.69) is 23.6 Å². The van der Waals surface area contributed by atoms with Crippen LogP contribution in [0.1, 0.15) is 60.5 Å². The fourth-order valence-corrected chi connectivity index (χ4v) is 4.46. The highest BCUT2D eigenvalue weighted by atomic mass is 16.2. The molecule has 5 nitrogen and oxygen atoms in total. The van der Waals surface area contributed by atoms with Gasteiger partial charge in [0.15, 0.2) is 0 Å². The Hall–Kier alpha value is -2.82. The van der Waals surface area contributed by atoms with Crippen LogP contribution in [0.25, 0.3) is 0 Å². The molecular formula is C24H29N3O2. The van der Waals surface area contributed by atoms with E-state index < -0.39 is 0 Å². The van der Waals surface area contributed by atoms with Gasteiger partial charge in [0.05, 0.1) is 0 Å². The molecule has 0 radical (unpaired) electrons. The molecule has 0 spiro atoms. The average molecular weight is 392 g/mol. The summed E-state index contributed by atoms with van der Waals surface area (Å²) in [5.74, 6) is 0.0250. The van der Waals surface area contributed by atoms with Gasteiger partial charge in [-0.1, -0.05) is 49.6 Å². The van der Waals surface area contributed by atoms with Gasteiger partial charge in [-0.05, 0) is 55.5 Å². The molecule has 0 unspecified atom stereocenters. The SMILES string of the molecule is C[C@@H]1Cc2ccc(CNC(=O)NC3CCCCC3)cc2N1C(=O)c1ccccc1. The first-order valence-electron chi connectivity index (χ1n) is 10.7. The van der Waals surface area contributed by atoms with Crippen LogP contribution < -0.4 is 15.5 Å². The summed E-state index contributed by atoms with van der Waals surface area (Å²) in [5, 5.41) is 6.05. The number of anilines is 1. The molecule has 2 N–H and O–H groups in total. The largest absolute Gasteiger partial charge is 0.335 e. The van der Waals surface area contributed by atoms with Gasteiger partial charge in [-0.3, -0.25) is 4.79 Å². The van der Waals surface area contributed by atoms with Crippen LogP contribution in [-0.4, -0.2) is 24.0 Å². The van der Waals surface area contributed by atoms with Crippen molar-refractivity contribution >= 4 is 17.6 Å². The first kappa shape index (κ1) is 19.5. The summed E-state index contributed by atoms with van der Waals surface area (Å²) < 4.78 is 0. The lowest BCUT2D eigenvalue weighted by atomic mass is 9.96. The van der Waals surface area contributed by atoms with Crippen LogP contribution in [0.2, 0.25) is 0 Å². The predicted molar refractivity (Wildman–Crippen MR) is 115 cm³/mol. The van der Waals surface area contributed by atoms with Crippen LogP contribution in [0.5, 0.6) is 0 Å². The van der Waals surface area contributed by atoms with Crippen molar-refractivity contribution in [3.63, 3.8) is 0 Å². The number of urea groups is 1. The van der Waals surface area contributed by atoms with Crippen molar-refractivity contribution in [2.75, 3.05) is 4.90 Å². The maximum absolute atomic E-state index is 13.1. The highest BCUT2D eigenvalue weighted by Gasteiger charge is 2.31. The van der Waals surface area contributed by atoms with E-state index in [4.69, 9.17) is 0 Å². The van der Waals surface area contributed by atoms with E-state index >= 15 is 0 Å². The van der Waals surface area contributed by atoms with Crippen molar-refractivity contribution in [3.8, 4) is 0 Å². The predicted octanol–water partition coefficient (Wildman–Crippen LogP) is 4.41. The van der Waals surface area contributed by atoms with E-state index in [-0.39, 0.29) is 18.0 Å². The average Bonchev–Trinajstić information content (AvgIpc) is 3.08. The zero-order valence-corrected chi connectivity index (χ0v) is 17.0. The number of hydrogen-bond donors (Lipinski definition) is 2. The van der Waals surface area contributed by atoms with E-state index in [0.29, 0.717) is 18.2 Å². The minimum Gasteiger partial charge on any atom is -0.335 e. The lowest BCUT2D eigenvalue weighted by molar-refractivity contribution is 0.0981. The Kier molecular flexibility index (Phi) is 5.84. The molecule has 0 bridgehead atoms. The second-order valence-electron chi connectivity index (χ2n) is 8.22. The minimum atomic E-state index is -0.108. The molecule has 1 saturated carbocycles. The number of carbonyl (C=O) groups excluding carboxylic acids is 2. The Morgan fingerprint density at radius 3 is 2.55 bits per heavy atom. The Labute approximate surface area is 172 Å². The van der Waals surface area contributed by atoms with E-state index in [0.717, 1.165) is 30.5 Å². The summed E-state index contributed by atoms with van der Waals surface area (Å²) >= 11 is 0. The van der Waals surface area contributed by atoms with Crippen LogP contribution in [0.15, 0.2) is 48.5 Å². The van der Waals surface area contributed by atoms with Crippen molar-refractivity contribution in [3.05, 3.63) is 65.2 Å². The number of nitrogens with one attached hydrogen (secondary N) is 2. The van der Waals surface area contributed by atoms with E-state index in [9.17, 15) is 9.59 Å². The topological polar surface area (TPSA) is 61.4 Å². The van der Waals surface area contributed by atoms with E-state index in [1.165, 1.54) is 24.8 Å². The molecule has 0 aromatic heterocycles. The molecule has 1 aliphatic carbocycles. The third-order valence-electron chi connectivity index (χ3n) is 6.00. The summed E-state index contributed by atoms with van der Waals surface area (Å²) in [4.78, 5) is 27.2. The molecule has 1 atom stereocenters. The lowest BCUT2D eigenvalue weighted by Gasteiger charge is -2.24. The van der Waals surface area contributed by atoms with Crippen LogP contribution in [0.3, 0.4) is 0 Å². The fraction of sp³-hybridized carbons (Fsp3) is 0.417. The summed E-state index contributed by atoms with van der Waals surface area (Å²) in [7, 11) is 0. The first-order chi connectivity index (χ1) is 14.1. The van der Waals surface area contributed by atoms with Gasteiger partial charge in [-0.15, -0.1) is 0 Å². The molecule has 3 amide bonds. The number of rotatable bonds is 4. The number of fused-ring (bicyclic) bond motifs is 1. The smallest absolute Gasteiger partial charge is 0.315 e. The monoisotopic (exact) mass is 391 g/mol. The standard InChI is InChI=1S/C24H29N3O2/c1-17-14-20-13-12-18(16-25-24(29)26-21-10-6-3-7-11-21)15-22(20)27(17)23(28)19-8-4-2-5-9-19/h2,4-5,8-9,12-13,15,17,21H,3,6-7,10-11,14,16H2,1H3,(H2,25,26,29)/t17-/m1/s1. The zero-order chi connectivity index (χ0) is 20.2. The number of nitrogens with zero attached hydrogens (tertiary/aromatic N) is 1. The van der Waals surface area contributed by atoms with Crippen molar-refractivity contribution in [2.45, 2.75) is 64.1 Å². The second-order valence-corrected chi connectivity index (χ2v) is 8.22. The summed E-state index contributed by atoms with van der Waals surface area (Å²) in [6.45, 7) is 2.53. The highest BCUT2D eigenvalue weighted by Crippen LogP contribution is 2.34. The van der Waals surface area contributed by atoms with Crippen LogP contribution in [-0.2, 0) is 13.0 Å². The number of benzene rings is 2. The molecule has 152 valence electrons. The van der Waals surface area contributed by atoms with E-state index in [1.807, 2.05) is 47.4 Å². The van der Waals surface area contributed by atoms with Crippen LogP contribution in [0, 0.1) is 0 Å². The Balaban J connectivity index is 1.43. The van der Waals surface area contributed by atoms with Gasteiger partial charge in [-0.2, -0.15) is 0 Å². The van der Waals surface area contributed by atoms with Crippen LogP contribution >= 0.6 is 0 Å². The zero-order valence-electron chi connectivity index (χ0n) is 17.0. The normalized spacial score (nSPS) is 18.9. The van der Waals surface area contributed by atoms with Crippen molar-refractivity contribution in [1.82, 2.24) is 10.6 Å². The Bertz CT molecular complexity index is 875. The maximum Gasteiger partial charge on any atom is 0.315 e. The third-order valence-corrected chi connectivity index (χ3v) is 6.00. The molecule has 2 aromatic rings. The van der Waals surface area contributed by atoms with Crippen molar-refractivity contribution < 1.29 is 9.59 Å². The third kappa shape index (κ3) is 4.44. The molecule has 1 heterocycles. The molecule has 29 heavy (non-hydrogen) atoms. The molecule has 1 aliphatic heterocycles. The van der Waals surface area contributed by atoms with Crippen molar-refractivity contribution in [2.24, 2.45) is 0 Å². The second kappa shape index (κ2) is 8.68. The summed E-state index contributed by atoms with van der Waals surface area (Å²) in [5.41, 5.74) is 3.83. The molecule has 4 rings (SSSR count). The highest BCUT2D eigenvalue weighted by molar-refractivity contribution is 6.07. The van der Waals surface area contributed by atoms with Gasteiger partial charge in [0, 0.05) is 29.9 Å². The fourth-order valence-electron chi connectivity index (χ4n) is 4.46.